The number of rotatable bonds is 4. The predicted octanol–water partition coefficient (Wildman–Crippen LogP) is 0.958. The van der Waals surface area contributed by atoms with E-state index >= 15 is 0 Å². The van der Waals surface area contributed by atoms with Crippen molar-refractivity contribution in [3.05, 3.63) is 12.3 Å². The van der Waals surface area contributed by atoms with Gasteiger partial charge in [-0.15, -0.1) is 11.8 Å². The van der Waals surface area contributed by atoms with Gasteiger partial charge < -0.3 is 11.1 Å². The molecule has 72 valence electrons. The number of anilines is 1. The number of nitrogens with two attached hydrogens (primary N) is 1. The van der Waals surface area contributed by atoms with Crippen LogP contribution < -0.4 is 11.1 Å². The second-order valence-corrected chi connectivity index (χ2v) is 3.61. The van der Waals surface area contributed by atoms with Crippen LogP contribution in [-0.4, -0.2) is 28.8 Å². The molecule has 0 aliphatic heterocycles. The van der Waals surface area contributed by atoms with Crippen molar-refractivity contribution in [3.63, 3.8) is 0 Å². The fourth-order valence-electron chi connectivity index (χ4n) is 0.793. The van der Waals surface area contributed by atoms with E-state index in [-0.39, 0.29) is 6.04 Å². The van der Waals surface area contributed by atoms with Gasteiger partial charge in [0.05, 0.1) is 0 Å². The summed E-state index contributed by atoms with van der Waals surface area (Å²) in [6.07, 6.45) is 3.72. The van der Waals surface area contributed by atoms with Gasteiger partial charge in [0.2, 0.25) is 5.95 Å². The zero-order valence-electron chi connectivity index (χ0n) is 7.82. The van der Waals surface area contributed by atoms with E-state index < -0.39 is 0 Å². The van der Waals surface area contributed by atoms with Gasteiger partial charge in [-0.05, 0) is 19.2 Å². The summed E-state index contributed by atoms with van der Waals surface area (Å²) in [5, 5.41) is 4.02. The molecule has 1 aromatic rings. The van der Waals surface area contributed by atoms with Gasteiger partial charge >= 0.3 is 0 Å². The lowest BCUT2D eigenvalue weighted by molar-refractivity contribution is 0.771. The van der Waals surface area contributed by atoms with Gasteiger partial charge in [-0.3, -0.25) is 0 Å². The molecule has 0 spiro atoms. The highest BCUT2D eigenvalue weighted by Crippen LogP contribution is 2.11. The fourth-order valence-corrected chi connectivity index (χ4v) is 1.17. The Bertz CT molecular complexity index is 264. The summed E-state index contributed by atoms with van der Waals surface area (Å²) in [5.41, 5.74) is 5.59. The van der Waals surface area contributed by atoms with Crippen LogP contribution in [-0.2, 0) is 0 Å². The minimum atomic E-state index is 0.113. The van der Waals surface area contributed by atoms with E-state index in [1.165, 1.54) is 0 Å². The summed E-state index contributed by atoms with van der Waals surface area (Å²) in [4.78, 5) is 8.32. The Labute approximate surface area is 82.3 Å². The van der Waals surface area contributed by atoms with Crippen molar-refractivity contribution in [2.75, 3.05) is 18.1 Å². The molecule has 0 aromatic carbocycles. The standard InChI is InChI=1S/C8H14N4S/c1-6(9)5-11-8-10-4-3-7(12-8)13-2/h3-4,6H,5,9H2,1-2H3,(H,10,11,12). The molecule has 0 aliphatic carbocycles. The smallest absolute Gasteiger partial charge is 0.223 e. The third-order valence-corrected chi connectivity index (χ3v) is 2.07. The van der Waals surface area contributed by atoms with E-state index in [1.807, 2.05) is 19.2 Å². The van der Waals surface area contributed by atoms with Gasteiger partial charge in [-0.1, -0.05) is 0 Å². The number of thioether (sulfide) groups is 1. The van der Waals surface area contributed by atoms with Crippen molar-refractivity contribution in [3.8, 4) is 0 Å². The van der Waals surface area contributed by atoms with Crippen LogP contribution in [0.1, 0.15) is 6.92 Å². The largest absolute Gasteiger partial charge is 0.353 e. The van der Waals surface area contributed by atoms with Gasteiger partial charge in [0, 0.05) is 18.8 Å². The number of aromatic nitrogens is 2. The maximum Gasteiger partial charge on any atom is 0.223 e. The first kappa shape index (κ1) is 10.3. The van der Waals surface area contributed by atoms with Crippen molar-refractivity contribution in [2.45, 2.75) is 18.0 Å². The molecule has 0 fully saturated rings. The maximum atomic E-state index is 5.59. The molecule has 13 heavy (non-hydrogen) atoms. The van der Waals surface area contributed by atoms with Crippen molar-refractivity contribution >= 4 is 17.7 Å². The fraction of sp³-hybridized carbons (Fsp3) is 0.500. The number of nitrogens with zero attached hydrogens (tertiary/aromatic N) is 2. The lowest BCUT2D eigenvalue weighted by Crippen LogP contribution is -2.25. The number of hydrogen-bond acceptors (Lipinski definition) is 5. The van der Waals surface area contributed by atoms with Crippen molar-refractivity contribution in [1.29, 1.82) is 0 Å². The quantitative estimate of drug-likeness (QED) is 0.557. The molecular formula is C8H14N4S. The third kappa shape index (κ3) is 3.61. The van der Waals surface area contributed by atoms with E-state index in [0.717, 1.165) is 5.03 Å². The predicted molar refractivity (Wildman–Crippen MR) is 56.0 cm³/mol. The van der Waals surface area contributed by atoms with E-state index in [2.05, 4.69) is 15.3 Å². The molecule has 0 radical (unpaired) electrons. The van der Waals surface area contributed by atoms with E-state index in [9.17, 15) is 0 Å². The molecule has 1 rings (SSSR count). The van der Waals surface area contributed by atoms with Gasteiger partial charge in [-0.2, -0.15) is 0 Å². The van der Waals surface area contributed by atoms with E-state index in [1.54, 1.807) is 18.0 Å². The minimum absolute atomic E-state index is 0.113. The van der Waals surface area contributed by atoms with Gasteiger partial charge in [0.25, 0.3) is 0 Å². The summed E-state index contributed by atoms with van der Waals surface area (Å²) in [5.74, 6) is 0.643. The summed E-state index contributed by atoms with van der Waals surface area (Å²) in [6.45, 7) is 2.63. The Morgan fingerprint density at radius 2 is 2.46 bits per heavy atom. The van der Waals surface area contributed by atoms with Crippen LogP contribution >= 0.6 is 11.8 Å². The lowest BCUT2D eigenvalue weighted by Gasteiger charge is -2.07. The molecule has 1 atom stereocenters. The number of hydrogen-bond donors (Lipinski definition) is 2. The van der Waals surface area contributed by atoms with Crippen LogP contribution in [0.4, 0.5) is 5.95 Å². The molecule has 0 saturated heterocycles. The molecule has 0 amide bonds. The SMILES string of the molecule is CSc1ccnc(NCC(C)N)n1. The topological polar surface area (TPSA) is 63.8 Å². The summed E-state index contributed by atoms with van der Waals surface area (Å²) in [7, 11) is 0. The van der Waals surface area contributed by atoms with Gasteiger partial charge in [0.1, 0.15) is 5.03 Å². The summed E-state index contributed by atoms with van der Waals surface area (Å²) < 4.78 is 0. The summed E-state index contributed by atoms with van der Waals surface area (Å²) >= 11 is 1.59. The molecule has 1 heterocycles. The Morgan fingerprint density at radius 1 is 1.69 bits per heavy atom. The average Bonchev–Trinajstić information content (AvgIpc) is 2.15. The Balaban J connectivity index is 2.56. The first-order valence-electron chi connectivity index (χ1n) is 4.09. The van der Waals surface area contributed by atoms with Crippen LogP contribution in [0.5, 0.6) is 0 Å². The molecular weight excluding hydrogens is 184 g/mol. The molecule has 1 unspecified atom stereocenters. The Hall–Kier alpha value is -0.810. The van der Waals surface area contributed by atoms with Crippen LogP contribution in [0.3, 0.4) is 0 Å². The van der Waals surface area contributed by atoms with Crippen molar-refractivity contribution in [1.82, 2.24) is 9.97 Å². The summed E-state index contributed by atoms with van der Waals surface area (Å²) in [6, 6.07) is 1.99. The highest BCUT2D eigenvalue weighted by atomic mass is 32.2. The first-order valence-corrected chi connectivity index (χ1v) is 5.31. The Kier molecular flexibility index (Phi) is 3.98. The van der Waals surface area contributed by atoms with Crippen LogP contribution in [0, 0.1) is 0 Å². The Morgan fingerprint density at radius 3 is 3.08 bits per heavy atom. The second-order valence-electron chi connectivity index (χ2n) is 2.78. The van der Waals surface area contributed by atoms with Crippen molar-refractivity contribution < 1.29 is 0 Å². The zero-order valence-corrected chi connectivity index (χ0v) is 8.64. The second kappa shape index (κ2) is 5.04. The highest BCUT2D eigenvalue weighted by Gasteiger charge is 1.98. The van der Waals surface area contributed by atoms with E-state index in [0.29, 0.717) is 12.5 Å². The molecule has 5 heteroatoms. The molecule has 3 N–H and O–H groups in total. The third-order valence-electron chi connectivity index (χ3n) is 1.42. The lowest BCUT2D eigenvalue weighted by atomic mass is 10.4. The maximum absolute atomic E-state index is 5.59. The molecule has 4 nitrogen and oxygen atoms in total. The normalized spacial score (nSPS) is 12.5. The van der Waals surface area contributed by atoms with Crippen molar-refractivity contribution in [2.24, 2.45) is 5.73 Å². The van der Waals surface area contributed by atoms with Gasteiger partial charge in [0.15, 0.2) is 0 Å². The molecule has 0 aliphatic rings. The van der Waals surface area contributed by atoms with Gasteiger partial charge in [-0.25, -0.2) is 9.97 Å². The average molecular weight is 198 g/mol. The highest BCUT2D eigenvalue weighted by molar-refractivity contribution is 7.98. The molecule has 0 bridgehead atoms. The zero-order chi connectivity index (χ0) is 9.68. The monoisotopic (exact) mass is 198 g/mol. The first-order chi connectivity index (χ1) is 6.22. The van der Waals surface area contributed by atoms with Crippen LogP contribution in [0.15, 0.2) is 17.3 Å². The van der Waals surface area contributed by atoms with Crippen LogP contribution in [0.25, 0.3) is 0 Å². The minimum Gasteiger partial charge on any atom is -0.353 e. The van der Waals surface area contributed by atoms with E-state index in [4.69, 9.17) is 5.73 Å². The molecule has 0 saturated carbocycles. The molecule has 1 aromatic heterocycles. The van der Waals surface area contributed by atoms with Crippen LogP contribution in [0.2, 0.25) is 0 Å². The number of nitrogens with one attached hydrogen (secondary N) is 1.